The first-order chi connectivity index (χ1) is 11.4. The molecule has 1 saturated carbocycles. The predicted octanol–water partition coefficient (Wildman–Crippen LogP) is 2.06. The summed E-state index contributed by atoms with van der Waals surface area (Å²) >= 11 is 0. The minimum atomic E-state index is -0.461. The number of hydrogen-bond donors (Lipinski definition) is 2. The minimum absolute atomic E-state index is 0. The van der Waals surface area contributed by atoms with E-state index >= 15 is 0 Å². The summed E-state index contributed by atoms with van der Waals surface area (Å²) in [6, 6.07) is 5.96. The second kappa shape index (κ2) is 7.20. The summed E-state index contributed by atoms with van der Waals surface area (Å²) in [6.07, 6.45) is 5.23. The number of non-ortho nitro benzene ring substituents is 1. The van der Waals surface area contributed by atoms with Crippen LogP contribution in [0.4, 0.5) is 5.69 Å². The number of hydrogen-bond acceptors (Lipinski definition) is 5. The van der Waals surface area contributed by atoms with E-state index in [0.29, 0.717) is 23.7 Å². The highest BCUT2D eigenvalue weighted by atomic mass is 35.5. The quantitative estimate of drug-likeness (QED) is 0.600. The molecule has 1 heterocycles. The summed E-state index contributed by atoms with van der Waals surface area (Å²) in [5.74, 6) is 0.208. The molecule has 25 heavy (non-hydrogen) atoms. The Balaban J connectivity index is 0.00000225. The zero-order chi connectivity index (χ0) is 17.3. The number of aromatic nitrogens is 2. The van der Waals surface area contributed by atoms with Crippen molar-refractivity contribution in [1.29, 1.82) is 0 Å². The van der Waals surface area contributed by atoms with Crippen LogP contribution < -0.4 is 11.1 Å². The van der Waals surface area contributed by atoms with Gasteiger partial charge in [-0.15, -0.1) is 12.4 Å². The van der Waals surface area contributed by atoms with E-state index in [9.17, 15) is 14.9 Å². The Morgan fingerprint density at radius 1 is 1.44 bits per heavy atom. The molecule has 3 rings (SSSR count). The number of carbonyl (C=O) groups excluding carboxylic acids is 1. The van der Waals surface area contributed by atoms with Gasteiger partial charge in [0.2, 0.25) is 0 Å². The lowest BCUT2D eigenvalue weighted by molar-refractivity contribution is -0.384. The number of nitrogens with zero attached hydrogens (tertiary/aromatic N) is 3. The van der Waals surface area contributed by atoms with Gasteiger partial charge in [-0.1, -0.05) is 0 Å². The second-order valence-electron chi connectivity index (χ2n) is 6.30. The predicted molar refractivity (Wildman–Crippen MR) is 95.1 cm³/mol. The van der Waals surface area contributed by atoms with Crippen LogP contribution in [-0.2, 0) is 0 Å². The van der Waals surface area contributed by atoms with Gasteiger partial charge in [0.05, 0.1) is 27.9 Å². The zero-order valence-corrected chi connectivity index (χ0v) is 14.5. The Labute approximate surface area is 151 Å². The first-order valence-corrected chi connectivity index (χ1v) is 7.75. The second-order valence-corrected chi connectivity index (χ2v) is 6.30. The highest BCUT2D eigenvalue weighted by Crippen LogP contribution is 2.39. The number of benzene rings is 1. The number of nitro groups is 1. The van der Waals surface area contributed by atoms with Gasteiger partial charge in [-0.2, -0.15) is 5.10 Å². The maximum Gasteiger partial charge on any atom is 0.269 e. The molecule has 1 atom stereocenters. The third kappa shape index (κ3) is 3.97. The number of nitrogens with two attached hydrogens (primary N) is 1. The zero-order valence-electron chi connectivity index (χ0n) is 13.7. The fourth-order valence-corrected chi connectivity index (χ4v) is 2.68. The van der Waals surface area contributed by atoms with Gasteiger partial charge < -0.3 is 11.1 Å². The highest BCUT2D eigenvalue weighted by Gasteiger charge is 2.41. The van der Waals surface area contributed by atoms with Crippen molar-refractivity contribution in [2.75, 3.05) is 6.54 Å². The van der Waals surface area contributed by atoms with Gasteiger partial charge in [0, 0.05) is 24.9 Å². The first-order valence-electron chi connectivity index (χ1n) is 7.75. The standard InChI is InChI=1S/C16H19N5O3.ClH/c1-16(10-17,12-2-3-12)19-15(22)11-8-18-20(9-11)13-4-6-14(7-5-13)21(23)24;/h4-9,12H,2-3,10,17H2,1H3,(H,19,22);1H. The van der Waals surface area contributed by atoms with E-state index < -0.39 is 10.5 Å². The number of nitro benzene ring substituents is 1. The Morgan fingerprint density at radius 2 is 2.08 bits per heavy atom. The number of amides is 1. The van der Waals surface area contributed by atoms with Crippen LogP contribution in [0.2, 0.25) is 0 Å². The molecule has 1 amide bonds. The molecule has 1 aliphatic carbocycles. The van der Waals surface area contributed by atoms with Gasteiger partial charge in [0.25, 0.3) is 11.6 Å². The molecule has 8 nitrogen and oxygen atoms in total. The Morgan fingerprint density at radius 3 is 2.60 bits per heavy atom. The number of rotatable bonds is 6. The van der Waals surface area contributed by atoms with E-state index in [0.717, 1.165) is 12.8 Å². The summed E-state index contributed by atoms with van der Waals surface area (Å²) < 4.78 is 1.51. The third-order valence-electron chi connectivity index (χ3n) is 4.47. The molecule has 134 valence electrons. The highest BCUT2D eigenvalue weighted by molar-refractivity contribution is 5.94. The molecular formula is C16H20ClN5O3. The molecule has 1 aromatic heterocycles. The van der Waals surface area contributed by atoms with Crippen molar-refractivity contribution in [1.82, 2.24) is 15.1 Å². The van der Waals surface area contributed by atoms with Crippen LogP contribution in [0.15, 0.2) is 36.7 Å². The molecule has 2 aromatic rings. The maximum absolute atomic E-state index is 12.4. The molecule has 1 unspecified atom stereocenters. The Bertz CT molecular complexity index is 772. The summed E-state index contributed by atoms with van der Waals surface area (Å²) in [4.78, 5) is 22.7. The normalized spacial score (nSPS) is 15.8. The van der Waals surface area contributed by atoms with Crippen molar-refractivity contribution in [3.05, 3.63) is 52.3 Å². The largest absolute Gasteiger partial charge is 0.345 e. The average molecular weight is 366 g/mol. The van der Waals surface area contributed by atoms with E-state index in [2.05, 4.69) is 10.4 Å². The molecule has 0 radical (unpaired) electrons. The van der Waals surface area contributed by atoms with Gasteiger partial charge in [-0.3, -0.25) is 14.9 Å². The molecule has 0 saturated heterocycles. The van der Waals surface area contributed by atoms with E-state index in [4.69, 9.17) is 5.73 Å². The van der Waals surface area contributed by atoms with Crippen LogP contribution in [0, 0.1) is 16.0 Å². The topological polar surface area (TPSA) is 116 Å². The van der Waals surface area contributed by atoms with E-state index in [1.807, 2.05) is 6.92 Å². The van der Waals surface area contributed by atoms with Crippen LogP contribution in [0.3, 0.4) is 0 Å². The SMILES string of the molecule is CC(CN)(NC(=O)c1cnn(-c2ccc([N+](=O)[O-])cc2)c1)C1CC1.Cl. The van der Waals surface area contributed by atoms with Crippen molar-refractivity contribution < 1.29 is 9.72 Å². The van der Waals surface area contributed by atoms with Gasteiger partial charge in [-0.05, 0) is 37.8 Å². The molecule has 9 heteroatoms. The van der Waals surface area contributed by atoms with Crippen LogP contribution in [0.25, 0.3) is 5.69 Å². The van der Waals surface area contributed by atoms with E-state index in [1.54, 1.807) is 18.3 Å². The molecular weight excluding hydrogens is 346 g/mol. The first kappa shape index (κ1) is 18.9. The fourth-order valence-electron chi connectivity index (χ4n) is 2.68. The van der Waals surface area contributed by atoms with Crippen molar-refractivity contribution in [2.24, 2.45) is 11.7 Å². The molecule has 0 aliphatic heterocycles. The lowest BCUT2D eigenvalue weighted by Gasteiger charge is -2.29. The molecule has 3 N–H and O–H groups in total. The Kier molecular flexibility index (Phi) is 5.44. The van der Waals surface area contributed by atoms with Crippen LogP contribution in [0.5, 0.6) is 0 Å². The van der Waals surface area contributed by atoms with Crippen molar-refractivity contribution >= 4 is 24.0 Å². The maximum atomic E-state index is 12.4. The van der Waals surface area contributed by atoms with Crippen molar-refractivity contribution in [2.45, 2.75) is 25.3 Å². The van der Waals surface area contributed by atoms with Crippen LogP contribution >= 0.6 is 12.4 Å². The van der Waals surface area contributed by atoms with Gasteiger partial charge >= 0.3 is 0 Å². The third-order valence-corrected chi connectivity index (χ3v) is 4.47. The van der Waals surface area contributed by atoms with E-state index in [1.165, 1.54) is 23.0 Å². The van der Waals surface area contributed by atoms with Gasteiger partial charge in [0.1, 0.15) is 0 Å². The van der Waals surface area contributed by atoms with Crippen LogP contribution in [0.1, 0.15) is 30.1 Å². The number of halogens is 1. The number of nitrogens with one attached hydrogen (secondary N) is 1. The molecule has 1 fully saturated rings. The number of carbonyl (C=O) groups is 1. The minimum Gasteiger partial charge on any atom is -0.345 e. The fraction of sp³-hybridized carbons (Fsp3) is 0.375. The summed E-state index contributed by atoms with van der Waals surface area (Å²) in [6.45, 7) is 2.35. The lowest BCUT2D eigenvalue weighted by atomic mass is 9.95. The smallest absolute Gasteiger partial charge is 0.269 e. The summed E-state index contributed by atoms with van der Waals surface area (Å²) in [5.41, 5.74) is 6.50. The van der Waals surface area contributed by atoms with Gasteiger partial charge in [-0.25, -0.2) is 4.68 Å². The molecule has 1 aromatic carbocycles. The van der Waals surface area contributed by atoms with E-state index in [-0.39, 0.29) is 24.0 Å². The molecule has 0 spiro atoms. The van der Waals surface area contributed by atoms with Crippen LogP contribution in [-0.4, -0.2) is 32.7 Å². The average Bonchev–Trinajstić information content (AvgIpc) is 3.32. The summed E-state index contributed by atoms with van der Waals surface area (Å²) in [5, 5.41) is 17.8. The monoisotopic (exact) mass is 365 g/mol. The lowest BCUT2D eigenvalue weighted by Crippen LogP contribution is -2.53. The molecule has 1 aliphatic rings. The van der Waals surface area contributed by atoms with Gasteiger partial charge in [0.15, 0.2) is 0 Å². The summed E-state index contributed by atoms with van der Waals surface area (Å²) in [7, 11) is 0. The molecule has 0 bridgehead atoms. The van der Waals surface area contributed by atoms with Crippen molar-refractivity contribution in [3.8, 4) is 5.69 Å². The Hall–Kier alpha value is -2.45. The van der Waals surface area contributed by atoms with Crippen molar-refractivity contribution in [3.63, 3.8) is 0 Å².